The summed E-state index contributed by atoms with van der Waals surface area (Å²) in [7, 11) is 1.32. The summed E-state index contributed by atoms with van der Waals surface area (Å²) in [6, 6.07) is 0. The highest BCUT2D eigenvalue weighted by molar-refractivity contribution is 5.82. The number of hydrogen-bond donors (Lipinski definition) is 0. The van der Waals surface area contributed by atoms with E-state index in [4.69, 9.17) is 0 Å². The van der Waals surface area contributed by atoms with E-state index in [0.717, 1.165) is 38.6 Å². The van der Waals surface area contributed by atoms with E-state index in [1.165, 1.54) is 7.11 Å². The second-order valence-corrected chi connectivity index (χ2v) is 6.12. The maximum Gasteiger partial charge on any atom is 0.306 e. The quantitative estimate of drug-likeness (QED) is 0.732. The number of amides is 2. The lowest BCUT2D eigenvalue weighted by Gasteiger charge is -2.24. The Labute approximate surface area is 131 Å². The van der Waals surface area contributed by atoms with E-state index in [1.807, 2.05) is 4.90 Å². The molecule has 0 bridgehead atoms. The van der Waals surface area contributed by atoms with Crippen LogP contribution in [0.5, 0.6) is 0 Å². The van der Waals surface area contributed by atoms with Crippen molar-refractivity contribution in [3.05, 3.63) is 0 Å². The normalized spacial score (nSPS) is 19.9. The van der Waals surface area contributed by atoms with Crippen molar-refractivity contribution in [1.82, 2.24) is 9.80 Å². The van der Waals surface area contributed by atoms with Crippen LogP contribution < -0.4 is 0 Å². The van der Waals surface area contributed by atoms with Gasteiger partial charge in [-0.2, -0.15) is 0 Å². The fourth-order valence-corrected chi connectivity index (χ4v) is 3.29. The number of methoxy groups -OCH3 is 1. The number of carbonyl (C=O) groups is 3. The van der Waals surface area contributed by atoms with Gasteiger partial charge in [0, 0.05) is 38.5 Å². The van der Waals surface area contributed by atoms with Gasteiger partial charge in [-0.1, -0.05) is 12.8 Å². The van der Waals surface area contributed by atoms with Crippen LogP contribution in [0, 0.1) is 5.92 Å². The van der Waals surface area contributed by atoms with Gasteiger partial charge in [-0.15, -0.1) is 0 Å². The van der Waals surface area contributed by atoms with E-state index in [1.54, 1.807) is 4.90 Å². The van der Waals surface area contributed by atoms with Gasteiger partial charge in [0.15, 0.2) is 0 Å². The zero-order valence-electron chi connectivity index (χ0n) is 13.4. The molecule has 0 aromatic heterocycles. The Bertz CT molecular complexity index is 418. The molecule has 0 radical (unpaired) electrons. The molecule has 0 unspecified atom stereocenters. The van der Waals surface area contributed by atoms with E-state index >= 15 is 0 Å². The van der Waals surface area contributed by atoms with Crippen molar-refractivity contribution in [2.24, 2.45) is 5.92 Å². The maximum atomic E-state index is 12.4. The van der Waals surface area contributed by atoms with Gasteiger partial charge in [0.1, 0.15) is 0 Å². The average molecular weight is 310 g/mol. The second-order valence-electron chi connectivity index (χ2n) is 6.12. The Morgan fingerprint density at radius 3 is 2.23 bits per heavy atom. The highest BCUT2D eigenvalue weighted by Gasteiger charge is 2.29. The Morgan fingerprint density at radius 1 is 0.909 bits per heavy atom. The number of rotatable bonds is 4. The van der Waals surface area contributed by atoms with Gasteiger partial charge in [0.25, 0.3) is 0 Å². The molecule has 1 heterocycles. The Kier molecular flexibility index (Phi) is 6.21. The minimum atomic E-state index is -0.360. The molecular formula is C16H26N2O4. The smallest absolute Gasteiger partial charge is 0.306 e. The molecule has 22 heavy (non-hydrogen) atoms. The van der Waals surface area contributed by atoms with Gasteiger partial charge in [-0.3, -0.25) is 14.4 Å². The van der Waals surface area contributed by atoms with E-state index < -0.39 is 0 Å². The third kappa shape index (κ3) is 4.45. The molecular weight excluding hydrogens is 284 g/mol. The highest BCUT2D eigenvalue weighted by atomic mass is 16.5. The summed E-state index contributed by atoms with van der Waals surface area (Å²) in [5.74, 6) is 0.0738. The summed E-state index contributed by atoms with van der Waals surface area (Å²) in [4.78, 5) is 39.4. The fraction of sp³-hybridized carbons (Fsp3) is 0.812. The predicted octanol–water partition coefficient (Wildman–Crippen LogP) is 1.19. The average Bonchev–Trinajstić information content (AvgIpc) is 2.96. The largest absolute Gasteiger partial charge is 0.469 e. The van der Waals surface area contributed by atoms with Crippen LogP contribution in [0.3, 0.4) is 0 Å². The molecule has 0 spiro atoms. The summed E-state index contributed by atoms with van der Waals surface area (Å²) in [6.45, 7) is 2.57. The van der Waals surface area contributed by atoms with Crippen LogP contribution in [0.15, 0.2) is 0 Å². The van der Waals surface area contributed by atoms with Crippen LogP contribution in [0.4, 0.5) is 0 Å². The van der Waals surface area contributed by atoms with Crippen molar-refractivity contribution in [1.29, 1.82) is 0 Å². The molecule has 1 saturated heterocycles. The predicted molar refractivity (Wildman–Crippen MR) is 81.0 cm³/mol. The van der Waals surface area contributed by atoms with Gasteiger partial charge in [-0.25, -0.2) is 0 Å². The minimum Gasteiger partial charge on any atom is -0.469 e. The first-order valence-corrected chi connectivity index (χ1v) is 8.25. The van der Waals surface area contributed by atoms with Crippen molar-refractivity contribution < 1.29 is 19.1 Å². The Hall–Kier alpha value is -1.59. The highest BCUT2D eigenvalue weighted by Crippen LogP contribution is 2.26. The molecule has 124 valence electrons. The maximum absolute atomic E-state index is 12.4. The SMILES string of the molecule is COC(=O)CCC(=O)N1CCCN(C(=O)C2CCCC2)CC1. The molecule has 2 rings (SSSR count). The standard InChI is InChI=1S/C16H26N2O4/c1-22-15(20)8-7-14(19)17-9-4-10-18(12-11-17)16(21)13-5-2-3-6-13/h13H,2-12H2,1H3. The van der Waals surface area contributed by atoms with Crippen LogP contribution in [0.1, 0.15) is 44.9 Å². The van der Waals surface area contributed by atoms with Crippen molar-refractivity contribution in [3.8, 4) is 0 Å². The first-order chi connectivity index (χ1) is 10.6. The number of ether oxygens (including phenoxy) is 1. The molecule has 6 nitrogen and oxygen atoms in total. The van der Waals surface area contributed by atoms with Crippen molar-refractivity contribution >= 4 is 17.8 Å². The van der Waals surface area contributed by atoms with Gasteiger partial charge in [0.05, 0.1) is 13.5 Å². The summed E-state index contributed by atoms with van der Waals surface area (Å²) < 4.78 is 4.56. The monoisotopic (exact) mass is 310 g/mol. The second kappa shape index (κ2) is 8.15. The lowest BCUT2D eigenvalue weighted by atomic mass is 10.1. The van der Waals surface area contributed by atoms with Crippen molar-refractivity contribution in [3.63, 3.8) is 0 Å². The summed E-state index contributed by atoms with van der Waals surface area (Å²) in [5, 5.41) is 0. The van der Waals surface area contributed by atoms with E-state index in [2.05, 4.69) is 4.74 Å². The van der Waals surface area contributed by atoms with E-state index in [0.29, 0.717) is 19.6 Å². The molecule has 2 amide bonds. The molecule has 1 aliphatic heterocycles. The molecule has 2 aliphatic rings. The zero-order valence-corrected chi connectivity index (χ0v) is 13.4. The summed E-state index contributed by atoms with van der Waals surface area (Å²) >= 11 is 0. The van der Waals surface area contributed by atoms with E-state index in [9.17, 15) is 14.4 Å². The molecule has 0 aromatic rings. The lowest BCUT2D eigenvalue weighted by molar-refractivity contribution is -0.143. The van der Waals surface area contributed by atoms with Crippen molar-refractivity contribution in [2.75, 3.05) is 33.3 Å². The van der Waals surface area contributed by atoms with Gasteiger partial charge in [0.2, 0.25) is 11.8 Å². The summed E-state index contributed by atoms with van der Waals surface area (Å²) in [6.07, 6.45) is 5.45. The number of esters is 1. The Morgan fingerprint density at radius 2 is 1.55 bits per heavy atom. The zero-order chi connectivity index (χ0) is 15.9. The molecule has 0 atom stereocenters. The van der Waals surface area contributed by atoms with E-state index in [-0.39, 0.29) is 36.5 Å². The van der Waals surface area contributed by atoms with Crippen LogP contribution in [-0.2, 0) is 19.1 Å². The topological polar surface area (TPSA) is 66.9 Å². The van der Waals surface area contributed by atoms with Crippen molar-refractivity contribution in [2.45, 2.75) is 44.9 Å². The molecule has 2 fully saturated rings. The molecule has 1 saturated carbocycles. The summed E-state index contributed by atoms with van der Waals surface area (Å²) in [5.41, 5.74) is 0. The third-order valence-corrected chi connectivity index (χ3v) is 4.64. The van der Waals surface area contributed by atoms with Gasteiger partial charge < -0.3 is 14.5 Å². The van der Waals surface area contributed by atoms with Crippen LogP contribution in [0.2, 0.25) is 0 Å². The number of carbonyl (C=O) groups excluding carboxylic acids is 3. The fourth-order valence-electron chi connectivity index (χ4n) is 3.29. The number of hydrogen-bond acceptors (Lipinski definition) is 4. The van der Waals surface area contributed by atoms with Crippen LogP contribution in [-0.4, -0.2) is 60.9 Å². The number of nitrogens with zero attached hydrogens (tertiary/aromatic N) is 2. The van der Waals surface area contributed by atoms with Gasteiger partial charge >= 0.3 is 5.97 Å². The molecule has 1 aliphatic carbocycles. The first-order valence-electron chi connectivity index (χ1n) is 8.25. The first kappa shape index (κ1) is 16.8. The minimum absolute atomic E-state index is 0.0273. The van der Waals surface area contributed by atoms with Crippen LogP contribution in [0.25, 0.3) is 0 Å². The molecule has 6 heteroatoms. The van der Waals surface area contributed by atoms with Crippen LogP contribution >= 0.6 is 0 Å². The molecule has 0 N–H and O–H groups in total. The van der Waals surface area contributed by atoms with Gasteiger partial charge in [-0.05, 0) is 19.3 Å². The molecule has 0 aromatic carbocycles. The third-order valence-electron chi connectivity index (χ3n) is 4.64. The lowest BCUT2D eigenvalue weighted by Crippen LogP contribution is -2.39. The Balaban J connectivity index is 1.80.